The quantitative estimate of drug-likeness (QED) is 0.531. The Morgan fingerprint density at radius 2 is 1.07 bits per heavy atom. The summed E-state index contributed by atoms with van der Waals surface area (Å²) in [4.78, 5) is 0. The van der Waals surface area contributed by atoms with Crippen molar-refractivity contribution < 1.29 is 0 Å². The van der Waals surface area contributed by atoms with Gasteiger partial charge in [-0.15, -0.1) is 0 Å². The van der Waals surface area contributed by atoms with Crippen LogP contribution in [0.3, 0.4) is 0 Å². The van der Waals surface area contributed by atoms with Gasteiger partial charge in [-0.3, -0.25) is 0 Å². The Kier molecular flexibility index (Phi) is 6.39. The molecule has 0 aliphatic heterocycles. The van der Waals surface area contributed by atoms with Crippen LogP contribution in [0.5, 0.6) is 0 Å². The predicted molar refractivity (Wildman–Crippen MR) is 63.9 cm³/mol. The van der Waals surface area contributed by atoms with E-state index in [1.54, 1.807) is 0 Å². The van der Waals surface area contributed by atoms with Gasteiger partial charge in [0.25, 0.3) is 0 Å². The van der Waals surface area contributed by atoms with Crippen LogP contribution in [0, 0.1) is 6.42 Å². The molecular formula is C14H17. The third kappa shape index (κ3) is 6.24. The molecule has 0 atom stereocenters. The Hall–Kier alpha value is -1.30. The first-order chi connectivity index (χ1) is 7.00. The molecule has 0 aromatic heterocycles. The summed E-state index contributed by atoms with van der Waals surface area (Å²) >= 11 is 0. The third-order valence-corrected chi connectivity index (χ3v) is 1.90. The van der Waals surface area contributed by atoms with E-state index in [0.29, 0.717) is 0 Å². The van der Waals surface area contributed by atoms with Gasteiger partial charge in [-0.25, -0.2) is 0 Å². The summed E-state index contributed by atoms with van der Waals surface area (Å²) in [6.45, 7) is 0. The third-order valence-electron chi connectivity index (χ3n) is 1.90. The molecule has 73 valence electrons. The smallest absolute Gasteiger partial charge is 0.00473 e. The Morgan fingerprint density at radius 1 is 0.500 bits per heavy atom. The van der Waals surface area contributed by atoms with Crippen LogP contribution in [0.1, 0.15) is 19.3 Å². The zero-order valence-electron chi connectivity index (χ0n) is 8.47. The second-order valence-corrected chi connectivity index (χ2v) is 3.13. The summed E-state index contributed by atoms with van der Waals surface area (Å²) in [5.41, 5.74) is 0. The summed E-state index contributed by atoms with van der Waals surface area (Å²) in [5.74, 6) is 0. The van der Waals surface area contributed by atoms with Crippen molar-refractivity contribution in [2.75, 3.05) is 0 Å². The van der Waals surface area contributed by atoms with Gasteiger partial charge < -0.3 is 0 Å². The SMILES string of the molecule is [CH]1/C=C/C=C\C=C\C=C\CCC/C=C/1. The maximum Gasteiger partial charge on any atom is 0.00473 e. The molecule has 0 fully saturated rings. The summed E-state index contributed by atoms with van der Waals surface area (Å²) in [6.07, 6.45) is 26.5. The Balaban J connectivity index is 2.46. The van der Waals surface area contributed by atoms with Crippen LogP contribution in [0.25, 0.3) is 0 Å². The first kappa shape index (κ1) is 10.8. The normalized spacial score (nSPS) is 29.7. The molecule has 0 bridgehead atoms. The summed E-state index contributed by atoms with van der Waals surface area (Å²) < 4.78 is 0. The highest BCUT2D eigenvalue weighted by Gasteiger charge is 1.80. The standard InChI is InChI=1S/C14H17/c1-2-4-6-8-10-12-14-13-11-9-7-5-3-1/h1-11H,12-14H2/b2-1-,5-3+,6-4+,10-8+,11-9+. The van der Waals surface area contributed by atoms with Gasteiger partial charge in [0.05, 0.1) is 0 Å². The molecule has 0 saturated heterocycles. The van der Waals surface area contributed by atoms with E-state index in [2.05, 4.69) is 36.8 Å². The number of allylic oxidation sites excluding steroid dienone is 10. The van der Waals surface area contributed by atoms with Crippen LogP contribution < -0.4 is 0 Å². The summed E-state index contributed by atoms with van der Waals surface area (Å²) in [5, 5.41) is 0. The topological polar surface area (TPSA) is 0 Å². The summed E-state index contributed by atoms with van der Waals surface area (Å²) in [6, 6.07) is 0. The van der Waals surface area contributed by atoms with Crippen LogP contribution >= 0.6 is 0 Å². The largest absolute Gasteiger partial charge is 0.0879 e. The van der Waals surface area contributed by atoms with Crippen LogP contribution in [0.2, 0.25) is 0 Å². The monoisotopic (exact) mass is 185 g/mol. The highest BCUT2D eigenvalue weighted by Crippen LogP contribution is 1.99. The number of hydrogen-bond donors (Lipinski definition) is 0. The minimum Gasteiger partial charge on any atom is -0.0879 e. The summed E-state index contributed by atoms with van der Waals surface area (Å²) in [7, 11) is 0. The van der Waals surface area contributed by atoms with Crippen molar-refractivity contribution in [1.29, 1.82) is 0 Å². The molecule has 0 heteroatoms. The minimum absolute atomic E-state index is 1.16. The van der Waals surface area contributed by atoms with Crippen molar-refractivity contribution in [2.24, 2.45) is 0 Å². The fraction of sp³-hybridized carbons (Fsp3) is 0.214. The van der Waals surface area contributed by atoms with Crippen LogP contribution in [-0.2, 0) is 0 Å². The zero-order valence-corrected chi connectivity index (χ0v) is 8.47. The van der Waals surface area contributed by atoms with Gasteiger partial charge in [0.2, 0.25) is 0 Å². The van der Waals surface area contributed by atoms with Crippen LogP contribution in [0.15, 0.2) is 60.8 Å². The fourth-order valence-corrected chi connectivity index (χ4v) is 1.15. The first-order valence-electron chi connectivity index (χ1n) is 5.15. The molecule has 1 aliphatic carbocycles. The molecule has 0 unspecified atom stereocenters. The average molecular weight is 185 g/mol. The number of rotatable bonds is 0. The Labute approximate surface area is 87.0 Å². The second kappa shape index (κ2) is 8.31. The highest BCUT2D eigenvalue weighted by molar-refractivity contribution is 5.19. The van der Waals surface area contributed by atoms with E-state index >= 15 is 0 Å². The average Bonchev–Trinajstić information content (AvgIpc) is 2.22. The van der Waals surface area contributed by atoms with Gasteiger partial charge in [0.1, 0.15) is 0 Å². The van der Waals surface area contributed by atoms with E-state index in [9.17, 15) is 0 Å². The Morgan fingerprint density at radius 3 is 1.86 bits per heavy atom. The van der Waals surface area contributed by atoms with E-state index in [0.717, 1.165) is 12.8 Å². The lowest BCUT2D eigenvalue weighted by Crippen LogP contribution is -1.69. The molecule has 1 radical (unpaired) electrons. The molecular weight excluding hydrogens is 168 g/mol. The van der Waals surface area contributed by atoms with Gasteiger partial charge in [-0.05, 0) is 19.3 Å². The predicted octanol–water partition coefficient (Wildman–Crippen LogP) is 4.16. The zero-order chi connectivity index (χ0) is 9.90. The molecule has 0 nitrogen and oxygen atoms in total. The van der Waals surface area contributed by atoms with Gasteiger partial charge in [0.15, 0.2) is 0 Å². The van der Waals surface area contributed by atoms with Crippen molar-refractivity contribution in [2.45, 2.75) is 19.3 Å². The van der Waals surface area contributed by atoms with Crippen molar-refractivity contribution in [3.05, 3.63) is 67.2 Å². The van der Waals surface area contributed by atoms with E-state index in [-0.39, 0.29) is 0 Å². The lowest BCUT2D eigenvalue weighted by atomic mass is 10.2. The van der Waals surface area contributed by atoms with E-state index in [1.165, 1.54) is 6.42 Å². The lowest BCUT2D eigenvalue weighted by Gasteiger charge is -1.89. The van der Waals surface area contributed by atoms with Crippen molar-refractivity contribution in [1.82, 2.24) is 0 Å². The van der Waals surface area contributed by atoms with Crippen LogP contribution in [-0.4, -0.2) is 0 Å². The van der Waals surface area contributed by atoms with Gasteiger partial charge in [-0.2, -0.15) is 0 Å². The molecule has 1 rings (SSSR count). The highest BCUT2D eigenvalue weighted by atomic mass is 13.9. The maximum atomic E-state index is 2.21. The van der Waals surface area contributed by atoms with Crippen molar-refractivity contribution in [3.8, 4) is 0 Å². The molecule has 0 amide bonds. The van der Waals surface area contributed by atoms with E-state index < -0.39 is 0 Å². The van der Waals surface area contributed by atoms with Gasteiger partial charge >= 0.3 is 0 Å². The maximum absolute atomic E-state index is 2.21. The molecule has 14 heavy (non-hydrogen) atoms. The van der Waals surface area contributed by atoms with E-state index in [1.807, 2.05) is 30.4 Å². The second-order valence-electron chi connectivity index (χ2n) is 3.13. The van der Waals surface area contributed by atoms with E-state index in [4.69, 9.17) is 0 Å². The Bertz CT molecular complexity index is 262. The minimum atomic E-state index is 1.16. The molecule has 0 spiro atoms. The van der Waals surface area contributed by atoms with Gasteiger partial charge in [0, 0.05) is 6.42 Å². The van der Waals surface area contributed by atoms with Crippen molar-refractivity contribution in [3.63, 3.8) is 0 Å². The molecule has 0 heterocycles. The van der Waals surface area contributed by atoms with Crippen LogP contribution in [0.4, 0.5) is 0 Å². The fourth-order valence-electron chi connectivity index (χ4n) is 1.15. The molecule has 0 aromatic rings. The molecule has 0 N–H and O–H groups in total. The van der Waals surface area contributed by atoms with Gasteiger partial charge in [-0.1, -0.05) is 60.8 Å². The number of hydrogen-bond acceptors (Lipinski definition) is 0. The first-order valence-corrected chi connectivity index (χ1v) is 5.15. The lowest BCUT2D eigenvalue weighted by molar-refractivity contribution is 0.868. The molecule has 0 saturated carbocycles. The molecule has 1 aliphatic rings. The van der Waals surface area contributed by atoms with Crippen molar-refractivity contribution >= 4 is 0 Å². The molecule has 0 aromatic carbocycles.